The Bertz CT molecular complexity index is 1680. The van der Waals surface area contributed by atoms with E-state index in [-0.39, 0.29) is 32.0 Å². The van der Waals surface area contributed by atoms with E-state index in [0.717, 1.165) is 70.6 Å². The highest BCUT2D eigenvalue weighted by Crippen LogP contribution is 2.43. The molecule has 0 radical (unpaired) electrons. The molecule has 0 bridgehead atoms. The van der Waals surface area contributed by atoms with E-state index in [1.165, 1.54) is 161 Å². The molecule has 0 fully saturated rings. The number of unbranched alkanes of at least 4 members (excludes halogenated alkanes) is 22. The van der Waals surface area contributed by atoms with Gasteiger partial charge in [0.2, 0.25) is 0 Å². The fraction of sp³-hybridized carbons (Fsp3) is 0.821. The molecule has 2 rings (SSSR count). The van der Waals surface area contributed by atoms with Crippen LogP contribution in [0, 0.1) is 27.7 Å². The maximum absolute atomic E-state index is 12.8. The van der Waals surface area contributed by atoms with E-state index >= 15 is 0 Å². The maximum atomic E-state index is 12.8. The normalized spacial score (nSPS) is 13.3. The quantitative estimate of drug-likeness (QED) is 0.0296. The van der Waals surface area contributed by atoms with Gasteiger partial charge in [-0.25, -0.2) is 4.57 Å². The number of phosphoric ester groups is 1. The summed E-state index contributed by atoms with van der Waals surface area (Å²) < 4.78 is 47.1. The van der Waals surface area contributed by atoms with Crippen LogP contribution in [0.25, 0.3) is 0 Å². The molecule has 1 N–H and O–H groups in total. The molecule has 0 saturated carbocycles. The molecule has 12 heteroatoms. The Kier molecular flexibility index (Phi) is 33.1. The van der Waals surface area contributed by atoms with Gasteiger partial charge in [-0.05, 0) is 88.5 Å². The summed E-state index contributed by atoms with van der Waals surface area (Å²) in [7, 11) is 1.45. The number of hydrogen-bond acceptors (Lipinski definition) is 9. The SMILES string of the molecule is CCCCCc1oc(CCCCCCCCCCCCC(=O)OCC(COP(=O)(O)OCC[N+](C)(C)C)OC(=O)CCCCCCCCCCCCc2oc(CCCCC)c(C)c2C)c(C)c1C. The number of rotatable bonds is 44. The summed E-state index contributed by atoms with van der Waals surface area (Å²) in [5.41, 5.74) is 5.39. The second-order valence-electron chi connectivity index (χ2n) is 20.8. The monoisotopic (exact) mass is 979 g/mol. The van der Waals surface area contributed by atoms with Crippen LogP contribution in [0.3, 0.4) is 0 Å². The summed E-state index contributed by atoms with van der Waals surface area (Å²) in [5, 5.41) is 0. The smallest absolute Gasteiger partial charge is 0.466 e. The molecule has 68 heavy (non-hydrogen) atoms. The van der Waals surface area contributed by atoms with E-state index in [1.807, 2.05) is 21.1 Å². The first kappa shape index (κ1) is 61.7. The van der Waals surface area contributed by atoms with Gasteiger partial charge >= 0.3 is 19.8 Å². The van der Waals surface area contributed by atoms with Crippen LogP contribution in [0.1, 0.15) is 239 Å². The first-order valence-electron chi connectivity index (χ1n) is 27.5. The van der Waals surface area contributed by atoms with Gasteiger partial charge in [-0.3, -0.25) is 18.6 Å². The molecule has 11 nitrogen and oxygen atoms in total. The van der Waals surface area contributed by atoms with Crippen LogP contribution >= 0.6 is 7.82 Å². The number of nitrogens with zero attached hydrogens (tertiary/aromatic N) is 1. The molecule has 2 aromatic rings. The summed E-state index contributed by atoms with van der Waals surface area (Å²) in [5.74, 6) is 3.94. The van der Waals surface area contributed by atoms with Crippen LogP contribution in [0.2, 0.25) is 0 Å². The van der Waals surface area contributed by atoms with Crippen LogP contribution < -0.4 is 0 Å². The Morgan fingerprint density at radius 2 is 0.838 bits per heavy atom. The van der Waals surface area contributed by atoms with E-state index in [4.69, 9.17) is 27.4 Å². The summed E-state index contributed by atoms with van der Waals surface area (Å²) in [4.78, 5) is 35.8. The number of carbonyl (C=O) groups is 2. The average Bonchev–Trinajstić information content (AvgIpc) is 3.72. The zero-order chi connectivity index (χ0) is 50.0. The molecule has 2 atom stereocenters. The van der Waals surface area contributed by atoms with E-state index in [0.29, 0.717) is 17.4 Å². The molecular formula is C56H101NO10P+. The molecule has 2 aromatic heterocycles. The largest absolute Gasteiger partial charge is 0.472 e. The molecule has 0 aromatic carbocycles. The van der Waals surface area contributed by atoms with Crippen LogP contribution in [0.5, 0.6) is 0 Å². The Hall–Kier alpha value is -2.43. The topological polar surface area (TPSA) is 135 Å². The highest BCUT2D eigenvalue weighted by molar-refractivity contribution is 7.47. The fourth-order valence-electron chi connectivity index (χ4n) is 8.67. The third kappa shape index (κ3) is 29.0. The van der Waals surface area contributed by atoms with E-state index < -0.39 is 26.5 Å². The molecular weight excluding hydrogens is 878 g/mol. The molecule has 2 heterocycles. The number of carbonyl (C=O) groups excluding carboxylic acids is 2. The summed E-state index contributed by atoms with van der Waals surface area (Å²) in [6.07, 6.45) is 33.4. The van der Waals surface area contributed by atoms with E-state index in [1.54, 1.807) is 0 Å². The minimum absolute atomic E-state index is 0.0232. The molecule has 0 saturated heterocycles. The van der Waals surface area contributed by atoms with Gasteiger partial charge in [0, 0.05) is 38.5 Å². The number of hydrogen-bond donors (Lipinski definition) is 1. The first-order chi connectivity index (χ1) is 32.6. The van der Waals surface area contributed by atoms with Crippen molar-refractivity contribution < 1.29 is 50.9 Å². The van der Waals surface area contributed by atoms with E-state index in [9.17, 15) is 19.0 Å². The van der Waals surface area contributed by atoms with Gasteiger partial charge in [0.25, 0.3) is 0 Å². The fourth-order valence-corrected chi connectivity index (χ4v) is 9.41. The molecule has 0 aliphatic rings. The van der Waals surface area contributed by atoms with E-state index in [2.05, 4.69) is 41.5 Å². The Labute approximate surface area is 415 Å². The third-order valence-corrected chi connectivity index (χ3v) is 14.5. The average molecular weight is 979 g/mol. The van der Waals surface area contributed by atoms with Gasteiger partial charge in [0.05, 0.1) is 27.7 Å². The molecule has 394 valence electrons. The van der Waals surface area contributed by atoms with Crippen molar-refractivity contribution in [3.63, 3.8) is 0 Å². The highest BCUT2D eigenvalue weighted by Gasteiger charge is 2.27. The van der Waals surface area contributed by atoms with Crippen LogP contribution in [-0.2, 0) is 58.4 Å². The Balaban J connectivity index is 1.59. The third-order valence-electron chi connectivity index (χ3n) is 13.5. The minimum atomic E-state index is -4.40. The van der Waals surface area contributed by atoms with Gasteiger partial charge in [-0.15, -0.1) is 0 Å². The summed E-state index contributed by atoms with van der Waals surface area (Å²) in [6.45, 7) is 13.2. The highest BCUT2D eigenvalue weighted by atomic mass is 31.2. The van der Waals surface area contributed by atoms with Crippen LogP contribution in [-0.4, -0.2) is 74.9 Å². The lowest BCUT2D eigenvalue weighted by atomic mass is 10.0. The van der Waals surface area contributed by atoms with Crippen molar-refractivity contribution in [2.75, 3.05) is 47.5 Å². The number of quaternary nitrogens is 1. The Morgan fingerprint density at radius 1 is 0.500 bits per heavy atom. The molecule has 0 aliphatic carbocycles. The lowest BCUT2D eigenvalue weighted by Gasteiger charge is -2.24. The first-order valence-corrected chi connectivity index (χ1v) is 29.0. The minimum Gasteiger partial charge on any atom is -0.466 e. The van der Waals surface area contributed by atoms with Gasteiger partial charge in [-0.1, -0.05) is 142 Å². The molecule has 0 spiro atoms. The standard InChI is InChI=1S/C56H100NO10P/c1-10-12-30-36-51-46(3)48(5)53(66-51)38-32-26-22-18-14-16-20-24-28-34-40-55(58)62-44-50(45-64-68(60,61)63-43-42-57(7,8)9)65-56(59)41-35-29-25-21-17-15-19-23-27-33-39-54-49(6)47(4)52(67-54)37-31-13-11-2/h50H,10-45H2,1-9H3/p+1. The number of furan rings is 2. The zero-order valence-corrected chi connectivity index (χ0v) is 45.9. The van der Waals surface area contributed by atoms with Crippen molar-refractivity contribution in [1.82, 2.24) is 0 Å². The zero-order valence-electron chi connectivity index (χ0n) is 45.0. The van der Waals surface area contributed by atoms with Gasteiger partial charge in [-0.2, -0.15) is 0 Å². The predicted octanol–water partition coefficient (Wildman–Crippen LogP) is 15.2. The number of likely N-dealkylation sites (N-methyl/N-ethyl adjacent to an activating group) is 1. The number of phosphoric acid groups is 1. The van der Waals surface area contributed by atoms with Crippen molar-refractivity contribution in [2.45, 2.75) is 253 Å². The van der Waals surface area contributed by atoms with Crippen molar-refractivity contribution in [3.05, 3.63) is 45.3 Å². The summed E-state index contributed by atoms with van der Waals surface area (Å²) in [6, 6.07) is 0. The van der Waals surface area contributed by atoms with Crippen LogP contribution in [0.4, 0.5) is 0 Å². The van der Waals surface area contributed by atoms with Gasteiger partial charge in [0.1, 0.15) is 42.8 Å². The second-order valence-corrected chi connectivity index (χ2v) is 22.2. The lowest BCUT2D eigenvalue weighted by molar-refractivity contribution is -0.870. The Morgan fingerprint density at radius 3 is 1.21 bits per heavy atom. The van der Waals surface area contributed by atoms with Gasteiger partial charge < -0.3 is 27.7 Å². The second kappa shape index (κ2) is 36.5. The van der Waals surface area contributed by atoms with Crippen molar-refractivity contribution in [3.8, 4) is 0 Å². The predicted molar refractivity (Wildman–Crippen MR) is 277 cm³/mol. The van der Waals surface area contributed by atoms with Crippen molar-refractivity contribution >= 4 is 19.8 Å². The number of esters is 2. The number of aryl methyl sites for hydroxylation is 4. The van der Waals surface area contributed by atoms with Crippen LogP contribution in [0.15, 0.2) is 8.83 Å². The van der Waals surface area contributed by atoms with Crippen molar-refractivity contribution in [2.24, 2.45) is 0 Å². The van der Waals surface area contributed by atoms with Gasteiger partial charge in [0.15, 0.2) is 6.10 Å². The maximum Gasteiger partial charge on any atom is 0.472 e. The number of ether oxygens (including phenoxy) is 2. The molecule has 0 aliphatic heterocycles. The van der Waals surface area contributed by atoms with Crippen molar-refractivity contribution in [1.29, 1.82) is 0 Å². The summed E-state index contributed by atoms with van der Waals surface area (Å²) >= 11 is 0. The molecule has 0 amide bonds. The molecule has 2 unspecified atom stereocenters. The lowest BCUT2D eigenvalue weighted by Crippen LogP contribution is -2.37.